The Labute approximate surface area is 192 Å². The molecule has 4 rings (SSSR count). The zero-order chi connectivity index (χ0) is 22.8. The molecule has 32 heavy (non-hydrogen) atoms. The molecule has 1 aromatic heterocycles. The largest absolute Gasteiger partial charge is 0.368 e. The Bertz CT molecular complexity index is 1090. The molecule has 3 unspecified atom stereocenters. The molecule has 3 atom stereocenters. The predicted octanol–water partition coefficient (Wildman–Crippen LogP) is 3.89. The lowest BCUT2D eigenvalue weighted by molar-refractivity contribution is -0.117. The average Bonchev–Trinajstić information content (AvgIpc) is 3.61. The monoisotopic (exact) mass is 446 g/mol. The van der Waals surface area contributed by atoms with Gasteiger partial charge < -0.3 is 16.0 Å². The van der Waals surface area contributed by atoms with Crippen LogP contribution in [0.25, 0.3) is 4.85 Å². The number of pyridine rings is 1. The maximum Gasteiger partial charge on any atom is 0.235 e. The third-order valence-electron chi connectivity index (χ3n) is 5.81. The van der Waals surface area contributed by atoms with Crippen molar-refractivity contribution in [1.29, 1.82) is 5.26 Å². The van der Waals surface area contributed by atoms with Crippen LogP contribution in [0.1, 0.15) is 54.5 Å². The zero-order valence-corrected chi connectivity index (χ0v) is 19.0. The van der Waals surface area contributed by atoms with E-state index in [0.717, 1.165) is 37.1 Å². The highest BCUT2D eigenvalue weighted by atomic mass is 32.2. The number of nitrogens with one attached hydrogen (secondary N) is 1. The number of nitrogens with two attached hydrogens (primary N) is 1. The van der Waals surface area contributed by atoms with Crippen LogP contribution < -0.4 is 16.0 Å². The smallest absolute Gasteiger partial charge is 0.235 e. The molecule has 7 nitrogen and oxygen atoms in total. The Hall–Kier alpha value is -3.07. The molecular weight excluding hydrogens is 420 g/mol. The Balaban J connectivity index is 1.85. The van der Waals surface area contributed by atoms with Gasteiger partial charge >= 0.3 is 0 Å². The molecule has 3 N–H and O–H groups in total. The Morgan fingerprint density at radius 3 is 2.50 bits per heavy atom. The minimum absolute atomic E-state index is 0.191. The van der Waals surface area contributed by atoms with Gasteiger partial charge in [0.25, 0.3) is 0 Å². The average molecular weight is 447 g/mol. The van der Waals surface area contributed by atoms with Crippen LogP contribution in [0.3, 0.4) is 0 Å². The first-order valence-corrected chi connectivity index (χ1v) is 11.7. The van der Waals surface area contributed by atoms with Crippen molar-refractivity contribution in [3.63, 3.8) is 0 Å². The number of nitrogens with zero attached hydrogens (tertiary/aromatic N) is 4. The summed E-state index contributed by atoms with van der Waals surface area (Å²) < 4.78 is 0. The predicted molar refractivity (Wildman–Crippen MR) is 126 cm³/mol. The molecule has 2 aromatic rings. The fraction of sp³-hybridized carbons (Fsp3) is 0.417. The molecule has 1 saturated heterocycles. The van der Waals surface area contributed by atoms with Crippen molar-refractivity contribution < 1.29 is 4.79 Å². The maximum absolute atomic E-state index is 12.4. The number of carbonyl (C=O) groups is 1. The highest BCUT2D eigenvalue weighted by molar-refractivity contribution is 8.00. The van der Waals surface area contributed by atoms with Gasteiger partial charge in [0, 0.05) is 25.2 Å². The molecule has 1 saturated carbocycles. The van der Waals surface area contributed by atoms with Gasteiger partial charge in [0.15, 0.2) is 0 Å². The topological polar surface area (TPSA) is 99.4 Å². The van der Waals surface area contributed by atoms with E-state index in [2.05, 4.69) is 35.0 Å². The van der Waals surface area contributed by atoms with E-state index in [9.17, 15) is 10.1 Å². The number of rotatable bonds is 6. The minimum Gasteiger partial charge on any atom is -0.368 e. The highest BCUT2D eigenvalue weighted by Crippen LogP contribution is 2.51. The molecule has 0 bridgehead atoms. The molecule has 1 aliphatic heterocycles. The molecule has 1 amide bonds. The number of amides is 1. The van der Waals surface area contributed by atoms with E-state index in [0.29, 0.717) is 22.1 Å². The summed E-state index contributed by atoms with van der Waals surface area (Å²) in [5.74, 6) is 0.316. The number of hydrogen-bond donors (Lipinski definition) is 2. The van der Waals surface area contributed by atoms with Gasteiger partial charge in [0.1, 0.15) is 22.2 Å². The van der Waals surface area contributed by atoms with Crippen LogP contribution in [0.5, 0.6) is 0 Å². The summed E-state index contributed by atoms with van der Waals surface area (Å²) in [6, 6.07) is 12.1. The van der Waals surface area contributed by atoms with Gasteiger partial charge in [0.05, 0.1) is 12.1 Å². The van der Waals surface area contributed by atoms with Gasteiger partial charge in [-0.05, 0) is 43.7 Å². The van der Waals surface area contributed by atoms with Crippen LogP contribution in [0.4, 0.5) is 11.5 Å². The van der Waals surface area contributed by atoms with Crippen LogP contribution in [-0.2, 0) is 4.79 Å². The van der Waals surface area contributed by atoms with Crippen molar-refractivity contribution in [3.8, 4) is 6.07 Å². The molecule has 1 aromatic carbocycles. The van der Waals surface area contributed by atoms with Gasteiger partial charge in [-0.2, -0.15) is 5.26 Å². The lowest BCUT2D eigenvalue weighted by atomic mass is 10.0. The molecular formula is C24H26N6OS. The number of nitriles is 1. The molecule has 0 radical (unpaired) electrons. The standard InChI is InChI=1S/C24H26N6OS/c1-14-12-30(13-15(2)28-14)23-20(27-3)19(16-9-10-16)18(11-25)24(29-23)32-21(22(26)31)17-7-5-4-6-8-17/h4-8,14-16,21,28H,9-10,12-13H2,1-2H3,(H2,26,31). The summed E-state index contributed by atoms with van der Waals surface area (Å²) in [6.45, 7) is 13.6. The quantitative estimate of drug-likeness (QED) is 0.516. The number of hydrogen-bond acceptors (Lipinski definition) is 6. The zero-order valence-electron chi connectivity index (χ0n) is 18.2. The molecule has 1 aliphatic carbocycles. The van der Waals surface area contributed by atoms with Crippen LogP contribution in [0.2, 0.25) is 0 Å². The second-order valence-electron chi connectivity index (χ2n) is 8.56. The summed E-state index contributed by atoms with van der Waals surface area (Å²) in [7, 11) is 0. The fourth-order valence-corrected chi connectivity index (χ4v) is 5.43. The summed E-state index contributed by atoms with van der Waals surface area (Å²) in [4.78, 5) is 23.2. The fourth-order valence-electron chi connectivity index (χ4n) is 4.38. The van der Waals surface area contributed by atoms with E-state index >= 15 is 0 Å². The van der Waals surface area contributed by atoms with Crippen molar-refractivity contribution in [2.45, 2.75) is 55.0 Å². The first-order chi connectivity index (χ1) is 15.4. The van der Waals surface area contributed by atoms with Gasteiger partial charge in [-0.25, -0.2) is 9.83 Å². The van der Waals surface area contributed by atoms with Gasteiger partial charge in [0.2, 0.25) is 11.6 Å². The molecule has 2 heterocycles. The number of benzene rings is 1. The maximum atomic E-state index is 12.4. The Morgan fingerprint density at radius 1 is 1.31 bits per heavy atom. The lowest BCUT2D eigenvalue weighted by Gasteiger charge is -2.38. The molecule has 8 heteroatoms. The Kier molecular flexibility index (Phi) is 6.36. The summed E-state index contributed by atoms with van der Waals surface area (Å²) >= 11 is 1.21. The number of thioether (sulfide) groups is 1. The van der Waals surface area contributed by atoms with Crippen molar-refractivity contribution >= 4 is 29.2 Å². The van der Waals surface area contributed by atoms with E-state index < -0.39 is 11.2 Å². The summed E-state index contributed by atoms with van der Waals surface area (Å²) in [6.07, 6.45) is 1.91. The second kappa shape index (κ2) is 9.20. The van der Waals surface area contributed by atoms with Crippen molar-refractivity contribution in [1.82, 2.24) is 10.3 Å². The van der Waals surface area contributed by atoms with Gasteiger partial charge in [-0.15, -0.1) is 0 Å². The van der Waals surface area contributed by atoms with Crippen molar-refractivity contribution in [3.05, 3.63) is 58.4 Å². The number of aromatic nitrogens is 1. The second-order valence-corrected chi connectivity index (χ2v) is 9.65. The van der Waals surface area contributed by atoms with E-state index in [1.807, 2.05) is 30.3 Å². The Morgan fingerprint density at radius 2 is 1.97 bits per heavy atom. The number of primary amides is 1. The minimum atomic E-state index is -0.671. The summed E-state index contributed by atoms with van der Waals surface area (Å²) in [5.41, 5.74) is 8.19. The van der Waals surface area contributed by atoms with E-state index in [1.54, 1.807) is 0 Å². The highest BCUT2D eigenvalue weighted by Gasteiger charge is 2.36. The van der Waals surface area contributed by atoms with E-state index in [1.165, 1.54) is 11.8 Å². The molecule has 0 spiro atoms. The van der Waals surface area contributed by atoms with Crippen LogP contribution in [0.15, 0.2) is 35.4 Å². The normalized spacial score (nSPS) is 21.4. The number of anilines is 1. The third-order valence-corrected chi connectivity index (χ3v) is 7.07. The van der Waals surface area contributed by atoms with Crippen LogP contribution in [-0.4, -0.2) is 36.1 Å². The van der Waals surface area contributed by atoms with Crippen molar-refractivity contribution in [2.24, 2.45) is 5.73 Å². The summed E-state index contributed by atoms with van der Waals surface area (Å²) in [5, 5.41) is 13.4. The van der Waals surface area contributed by atoms with Crippen molar-refractivity contribution in [2.75, 3.05) is 18.0 Å². The van der Waals surface area contributed by atoms with Gasteiger partial charge in [-0.3, -0.25) is 4.79 Å². The van der Waals surface area contributed by atoms with Crippen LogP contribution in [0, 0.1) is 17.9 Å². The molecule has 2 aliphatic rings. The lowest BCUT2D eigenvalue weighted by Crippen LogP contribution is -2.54. The van der Waals surface area contributed by atoms with E-state index in [-0.39, 0.29) is 18.0 Å². The van der Waals surface area contributed by atoms with Crippen LogP contribution >= 0.6 is 11.8 Å². The molecule has 164 valence electrons. The van der Waals surface area contributed by atoms with E-state index in [4.69, 9.17) is 17.3 Å². The number of carbonyl (C=O) groups excluding carboxylic acids is 1. The first kappa shape index (κ1) is 22.1. The SMILES string of the molecule is [C-]#[N+]c1c(N2CC(C)NC(C)C2)nc(SC(C(N)=O)c2ccccc2)c(C#N)c1C1CC1. The number of piperazine rings is 1. The third kappa shape index (κ3) is 4.43. The first-order valence-electron chi connectivity index (χ1n) is 10.8. The van der Waals surface area contributed by atoms with Gasteiger partial charge in [-0.1, -0.05) is 42.1 Å². The molecule has 2 fully saturated rings.